The van der Waals surface area contributed by atoms with Crippen molar-refractivity contribution in [2.75, 3.05) is 19.6 Å². The molecular formula is C20H35N. The molecule has 0 N–H and O–H groups in total. The molecule has 1 aliphatic heterocycles. The average molecular weight is 290 g/mol. The lowest BCUT2D eigenvalue weighted by Crippen LogP contribution is -2.31. The van der Waals surface area contributed by atoms with Crippen LogP contribution in [0.3, 0.4) is 0 Å². The van der Waals surface area contributed by atoms with Gasteiger partial charge in [-0.2, -0.15) is 0 Å². The van der Waals surface area contributed by atoms with Gasteiger partial charge in [-0.15, -0.1) is 0 Å². The molecule has 0 aromatic carbocycles. The van der Waals surface area contributed by atoms with Crippen LogP contribution in [0.4, 0.5) is 0 Å². The molecule has 1 rings (SSSR count). The fourth-order valence-corrected chi connectivity index (χ4v) is 3.07. The van der Waals surface area contributed by atoms with Crippen LogP contribution in [0.1, 0.15) is 65.7 Å². The first kappa shape index (κ1) is 18.2. The van der Waals surface area contributed by atoms with Crippen molar-refractivity contribution < 1.29 is 0 Å². The van der Waals surface area contributed by atoms with E-state index in [0.29, 0.717) is 5.92 Å². The molecule has 0 aromatic rings. The molecule has 1 heteroatoms. The van der Waals surface area contributed by atoms with Crippen molar-refractivity contribution in [1.82, 2.24) is 4.90 Å². The van der Waals surface area contributed by atoms with Crippen LogP contribution in [-0.4, -0.2) is 24.5 Å². The summed E-state index contributed by atoms with van der Waals surface area (Å²) in [7, 11) is 0. The molecule has 1 nitrogen and oxygen atoms in total. The van der Waals surface area contributed by atoms with E-state index in [1.807, 2.05) is 0 Å². The van der Waals surface area contributed by atoms with E-state index in [2.05, 4.69) is 50.5 Å². The number of allylic oxidation sites excluding steroid dienone is 3. The highest BCUT2D eigenvalue weighted by atomic mass is 15.1. The molecule has 0 aromatic heterocycles. The molecule has 0 radical (unpaired) electrons. The SMILES string of the molecule is C=C(/C=C\C(=C/C)CN1CCCCC1)C(CC)CCCC. The maximum absolute atomic E-state index is 4.30. The van der Waals surface area contributed by atoms with Gasteiger partial charge in [-0.25, -0.2) is 0 Å². The number of likely N-dealkylation sites (tertiary alicyclic amines) is 1. The van der Waals surface area contributed by atoms with Crippen molar-refractivity contribution >= 4 is 0 Å². The maximum atomic E-state index is 4.30. The summed E-state index contributed by atoms with van der Waals surface area (Å²) in [6, 6.07) is 0. The second-order valence-electron chi connectivity index (χ2n) is 6.36. The molecule has 1 aliphatic rings. The fourth-order valence-electron chi connectivity index (χ4n) is 3.07. The van der Waals surface area contributed by atoms with Crippen molar-refractivity contribution in [2.45, 2.75) is 65.7 Å². The van der Waals surface area contributed by atoms with Crippen molar-refractivity contribution in [3.05, 3.63) is 36.0 Å². The minimum absolute atomic E-state index is 0.661. The summed E-state index contributed by atoms with van der Waals surface area (Å²) in [5, 5.41) is 0. The normalized spacial score (nSPS) is 19.1. The molecule has 1 atom stereocenters. The molecule has 1 unspecified atom stereocenters. The second kappa shape index (κ2) is 10.8. The highest BCUT2D eigenvalue weighted by Crippen LogP contribution is 2.22. The molecule has 1 saturated heterocycles. The smallest absolute Gasteiger partial charge is 0.0230 e. The largest absolute Gasteiger partial charge is 0.299 e. The van der Waals surface area contributed by atoms with Gasteiger partial charge in [0, 0.05) is 6.54 Å². The number of rotatable bonds is 9. The van der Waals surface area contributed by atoms with Crippen LogP contribution in [0, 0.1) is 5.92 Å². The minimum Gasteiger partial charge on any atom is -0.299 e. The molecule has 1 fully saturated rings. The third-order valence-corrected chi connectivity index (χ3v) is 4.66. The van der Waals surface area contributed by atoms with Crippen LogP contribution in [-0.2, 0) is 0 Å². The molecule has 1 heterocycles. The number of piperidine rings is 1. The quantitative estimate of drug-likeness (QED) is 0.489. The zero-order chi connectivity index (χ0) is 15.5. The first-order valence-corrected chi connectivity index (χ1v) is 8.95. The molecule has 120 valence electrons. The van der Waals surface area contributed by atoms with Gasteiger partial charge in [-0.3, -0.25) is 4.90 Å². The number of unbranched alkanes of at least 4 members (excludes halogenated alkanes) is 1. The zero-order valence-electron chi connectivity index (χ0n) is 14.5. The number of hydrogen-bond donors (Lipinski definition) is 0. The van der Waals surface area contributed by atoms with E-state index >= 15 is 0 Å². The minimum atomic E-state index is 0.661. The van der Waals surface area contributed by atoms with E-state index in [-0.39, 0.29) is 0 Å². The van der Waals surface area contributed by atoms with Crippen molar-refractivity contribution in [3.8, 4) is 0 Å². The predicted molar refractivity (Wildman–Crippen MR) is 95.6 cm³/mol. The summed E-state index contributed by atoms with van der Waals surface area (Å²) < 4.78 is 0. The Balaban J connectivity index is 2.48. The van der Waals surface area contributed by atoms with Crippen LogP contribution < -0.4 is 0 Å². The second-order valence-corrected chi connectivity index (χ2v) is 6.36. The molecule has 0 spiro atoms. The first-order valence-electron chi connectivity index (χ1n) is 8.95. The number of hydrogen-bond acceptors (Lipinski definition) is 1. The van der Waals surface area contributed by atoms with Crippen molar-refractivity contribution in [1.29, 1.82) is 0 Å². The Labute approximate surface area is 132 Å². The van der Waals surface area contributed by atoms with Crippen molar-refractivity contribution in [3.63, 3.8) is 0 Å². The van der Waals surface area contributed by atoms with Crippen LogP contribution >= 0.6 is 0 Å². The Kier molecular flexibility index (Phi) is 9.41. The van der Waals surface area contributed by atoms with Gasteiger partial charge in [0.25, 0.3) is 0 Å². The van der Waals surface area contributed by atoms with Gasteiger partial charge in [0.15, 0.2) is 0 Å². The average Bonchev–Trinajstić information content (AvgIpc) is 2.53. The van der Waals surface area contributed by atoms with Gasteiger partial charge in [-0.1, -0.05) is 63.5 Å². The Morgan fingerprint density at radius 2 is 1.86 bits per heavy atom. The predicted octanol–water partition coefficient (Wildman–Crippen LogP) is 5.75. The molecule has 0 bridgehead atoms. The Morgan fingerprint density at radius 3 is 2.43 bits per heavy atom. The molecule has 0 saturated carbocycles. The lowest BCUT2D eigenvalue weighted by atomic mass is 9.91. The van der Waals surface area contributed by atoms with Gasteiger partial charge in [0.2, 0.25) is 0 Å². The molecule has 0 aliphatic carbocycles. The van der Waals surface area contributed by atoms with Crippen LogP contribution in [0.25, 0.3) is 0 Å². The Morgan fingerprint density at radius 1 is 1.14 bits per heavy atom. The zero-order valence-corrected chi connectivity index (χ0v) is 14.5. The Hall–Kier alpha value is -0.820. The summed E-state index contributed by atoms with van der Waals surface area (Å²) in [4.78, 5) is 2.58. The summed E-state index contributed by atoms with van der Waals surface area (Å²) >= 11 is 0. The monoisotopic (exact) mass is 289 g/mol. The van der Waals surface area contributed by atoms with Crippen LogP contribution in [0.2, 0.25) is 0 Å². The molecule has 0 amide bonds. The van der Waals surface area contributed by atoms with Crippen LogP contribution in [0.5, 0.6) is 0 Å². The van der Waals surface area contributed by atoms with Gasteiger partial charge >= 0.3 is 0 Å². The van der Waals surface area contributed by atoms with Gasteiger partial charge in [-0.05, 0) is 57.2 Å². The lowest BCUT2D eigenvalue weighted by molar-refractivity contribution is 0.248. The third-order valence-electron chi connectivity index (χ3n) is 4.66. The topological polar surface area (TPSA) is 3.24 Å². The standard InChI is InChI=1S/C20H35N/c1-5-8-12-20(7-3)18(4)13-14-19(6-2)17-21-15-10-9-11-16-21/h6,13-14,20H,4-5,7-12,15-17H2,1-3H3/b14-13-,19-6+. The highest BCUT2D eigenvalue weighted by molar-refractivity contribution is 5.28. The fraction of sp³-hybridized carbons (Fsp3) is 0.700. The summed E-state index contributed by atoms with van der Waals surface area (Å²) in [6.07, 6.45) is 16.0. The van der Waals surface area contributed by atoms with Crippen molar-refractivity contribution in [2.24, 2.45) is 5.92 Å². The van der Waals surface area contributed by atoms with E-state index in [1.54, 1.807) is 0 Å². The molecule has 21 heavy (non-hydrogen) atoms. The first-order chi connectivity index (χ1) is 10.2. The van der Waals surface area contributed by atoms with Gasteiger partial charge in [0.1, 0.15) is 0 Å². The molecular weight excluding hydrogens is 254 g/mol. The maximum Gasteiger partial charge on any atom is 0.0230 e. The summed E-state index contributed by atoms with van der Waals surface area (Å²) in [5.41, 5.74) is 2.74. The summed E-state index contributed by atoms with van der Waals surface area (Å²) in [6.45, 7) is 14.6. The summed E-state index contributed by atoms with van der Waals surface area (Å²) in [5.74, 6) is 0.661. The van der Waals surface area contributed by atoms with E-state index in [4.69, 9.17) is 0 Å². The third kappa shape index (κ3) is 7.13. The van der Waals surface area contributed by atoms with E-state index in [0.717, 1.165) is 6.54 Å². The van der Waals surface area contributed by atoms with E-state index < -0.39 is 0 Å². The van der Waals surface area contributed by atoms with Crippen LogP contribution in [0.15, 0.2) is 36.0 Å². The van der Waals surface area contributed by atoms with E-state index in [1.165, 1.54) is 69.2 Å². The van der Waals surface area contributed by atoms with E-state index in [9.17, 15) is 0 Å². The van der Waals surface area contributed by atoms with Gasteiger partial charge in [0.05, 0.1) is 0 Å². The Bertz CT molecular complexity index is 345. The lowest BCUT2D eigenvalue weighted by Gasteiger charge is -2.26. The van der Waals surface area contributed by atoms with Gasteiger partial charge < -0.3 is 0 Å². The highest BCUT2D eigenvalue weighted by Gasteiger charge is 2.11. The number of nitrogens with zero attached hydrogens (tertiary/aromatic N) is 1.